The van der Waals surface area contributed by atoms with Crippen LogP contribution in [0.1, 0.15) is 32.5 Å². The number of aryl methyl sites for hydroxylation is 1. The smallest absolute Gasteiger partial charge is 0.146 e. The molecule has 2 heterocycles. The second kappa shape index (κ2) is 4.51. The zero-order chi connectivity index (χ0) is 11.6. The summed E-state index contributed by atoms with van der Waals surface area (Å²) in [5.74, 6) is 0.976. The van der Waals surface area contributed by atoms with Gasteiger partial charge in [0.1, 0.15) is 12.2 Å². The second-order valence-corrected chi connectivity index (χ2v) is 5.04. The molecule has 16 heavy (non-hydrogen) atoms. The van der Waals surface area contributed by atoms with Gasteiger partial charge in [0.2, 0.25) is 0 Å². The van der Waals surface area contributed by atoms with Gasteiger partial charge in [-0.25, -0.2) is 0 Å². The van der Waals surface area contributed by atoms with Gasteiger partial charge in [0.25, 0.3) is 0 Å². The molecule has 1 N–H and O–H groups in total. The van der Waals surface area contributed by atoms with E-state index in [1.807, 2.05) is 11.6 Å². The average Bonchev–Trinajstić information content (AvgIpc) is 2.60. The molecule has 0 bridgehead atoms. The van der Waals surface area contributed by atoms with Gasteiger partial charge in [-0.2, -0.15) is 0 Å². The Bertz CT molecular complexity index is 348. The van der Waals surface area contributed by atoms with Crippen LogP contribution in [0.2, 0.25) is 0 Å². The van der Waals surface area contributed by atoms with Gasteiger partial charge in [-0.3, -0.25) is 0 Å². The van der Waals surface area contributed by atoms with Crippen LogP contribution in [-0.4, -0.2) is 33.0 Å². The van der Waals surface area contributed by atoms with E-state index in [1.165, 1.54) is 0 Å². The zero-order valence-corrected chi connectivity index (χ0v) is 10.2. The molecule has 1 aliphatic rings. The van der Waals surface area contributed by atoms with E-state index in [4.69, 9.17) is 4.74 Å². The summed E-state index contributed by atoms with van der Waals surface area (Å²) in [5.41, 5.74) is -0.00416. The van der Waals surface area contributed by atoms with Crippen molar-refractivity contribution in [2.45, 2.75) is 44.9 Å². The van der Waals surface area contributed by atoms with Crippen LogP contribution in [-0.2, 0) is 18.3 Å². The van der Waals surface area contributed by atoms with Crippen molar-refractivity contribution in [2.75, 3.05) is 6.61 Å². The second-order valence-electron chi connectivity index (χ2n) is 5.04. The number of rotatable bonds is 3. The number of ether oxygens (including phenoxy) is 1. The summed E-state index contributed by atoms with van der Waals surface area (Å²) in [6, 6.07) is 0.514. The van der Waals surface area contributed by atoms with Gasteiger partial charge in [0.15, 0.2) is 0 Å². The predicted molar refractivity (Wildman–Crippen MR) is 60.9 cm³/mol. The molecule has 1 aliphatic heterocycles. The van der Waals surface area contributed by atoms with E-state index in [0.717, 1.165) is 31.8 Å². The molecule has 5 heteroatoms. The molecule has 0 spiro atoms. The monoisotopic (exact) mass is 224 g/mol. The first-order chi connectivity index (χ1) is 7.57. The van der Waals surface area contributed by atoms with E-state index >= 15 is 0 Å². The number of nitrogens with zero attached hydrogens (tertiary/aromatic N) is 3. The van der Waals surface area contributed by atoms with Crippen molar-refractivity contribution >= 4 is 0 Å². The minimum absolute atomic E-state index is 0.00416. The average molecular weight is 224 g/mol. The highest BCUT2D eigenvalue weighted by molar-refractivity contribution is 4.87. The van der Waals surface area contributed by atoms with Gasteiger partial charge in [-0.1, -0.05) is 0 Å². The Hall–Kier alpha value is -0.940. The lowest BCUT2D eigenvalue weighted by molar-refractivity contribution is -0.0631. The number of aromatic nitrogens is 3. The Balaban J connectivity index is 1.84. The Morgan fingerprint density at radius 2 is 2.44 bits per heavy atom. The molecule has 1 unspecified atom stereocenters. The van der Waals surface area contributed by atoms with Crippen molar-refractivity contribution < 1.29 is 4.74 Å². The third-order valence-electron chi connectivity index (χ3n) is 3.05. The van der Waals surface area contributed by atoms with E-state index in [2.05, 4.69) is 29.4 Å². The molecule has 1 aromatic rings. The first kappa shape index (κ1) is 11.5. The Labute approximate surface area is 96.2 Å². The highest BCUT2D eigenvalue weighted by atomic mass is 16.5. The van der Waals surface area contributed by atoms with E-state index in [1.54, 1.807) is 6.33 Å². The Kier molecular flexibility index (Phi) is 3.25. The topological polar surface area (TPSA) is 52.0 Å². The molecule has 1 atom stereocenters. The maximum absolute atomic E-state index is 5.68. The van der Waals surface area contributed by atoms with Gasteiger partial charge in [0.05, 0.1) is 12.1 Å². The molecule has 0 aliphatic carbocycles. The molecule has 0 radical (unpaired) electrons. The van der Waals surface area contributed by atoms with Crippen LogP contribution in [0.3, 0.4) is 0 Å². The Morgan fingerprint density at radius 1 is 1.62 bits per heavy atom. The van der Waals surface area contributed by atoms with Crippen molar-refractivity contribution in [2.24, 2.45) is 7.05 Å². The van der Waals surface area contributed by atoms with Crippen LogP contribution >= 0.6 is 0 Å². The fourth-order valence-electron chi connectivity index (χ4n) is 2.11. The summed E-state index contributed by atoms with van der Waals surface area (Å²) in [6.45, 7) is 5.90. The fraction of sp³-hybridized carbons (Fsp3) is 0.818. The zero-order valence-electron chi connectivity index (χ0n) is 10.2. The molecule has 5 nitrogen and oxygen atoms in total. The van der Waals surface area contributed by atoms with Crippen LogP contribution in [0.4, 0.5) is 0 Å². The molecule has 0 aromatic carbocycles. The molecule has 1 fully saturated rings. The minimum atomic E-state index is -0.00416. The third kappa shape index (κ3) is 2.80. The number of hydrogen-bond donors (Lipinski definition) is 1. The van der Waals surface area contributed by atoms with Crippen molar-refractivity contribution in [3.05, 3.63) is 12.2 Å². The van der Waals surface area contributed by atoms with Gasteiger partial charge in [-0.05, 0) is 26.7 Å². The van der Waals surface area contributed by atoms with Gasteiger partial charge in [-0.15, -0.1) is 10.2 Å². The van der Waals surface area contributed by atoms with Crippen molar-refractivity contribution in [1.82, 2.24) is 20.1 Å². The summed E-state index contributed by atoms with van der Waals surface area (Å²) in [4.78, 5) is 0. The highest BCUT2D eigenvalue weighted by Crippen LogP contribution is 2.23. The summed E-state index contributed by atoms with van der Waals surface area (Å²) in [5, 5.41) is 11.4. The van der Waals surface area contributed by atoms with E-state index < -0.39 is 0 Å². The van der Waals surface area contributed by atoms with Crippen LogP contribution < -0.4 is 5.32 Å². The summed E-state index contributed by atoms with van der Waals surface area (Å²) in [7, 11) is 1.96. The van der Waals surface area contributed by atoms with Crippen LogP contribution in [0.25, 0.3) is 0 Å². The van der Waals surface area contributed by atoms with Crippen molar-refractivity contribution in [1.29, 1.82) is 0 Å². The van der Waals surface area contributed by atoms with Gasteiger partial charge >= 0.3 is 0 Å². The molecule has 1 saturated heterocycles. The highest BCUT2D eigenvalue weighted by Gasteiger charge is 2.28. The maximum Gasteiger partial charge on any atom is 0.146 e. The summed E-state index contributed by atoms with van der Waals surface area (Å²) >= 11 is 0. The molecular weight excluding hydrogens is 204 g/mol. The summed E-state index contributed by atoms with van der Waals surface area (Å²) in [6.07, 6.45) is 3.84. The van der Waals surface area contributed by atoms with Crippen LogP contribution in [0.15, 0.2) is 6.33 Å². The fourth-order valence-corrected chi connectivity index (χ4v) is 2.11. The van der Waals surface area contributed by atoms with Gasteiger partial charge < -0.3 is 14.6 Å². The minimum Gasteiger partial charge on any atom is -0.375 e. The van der Waals surface area contributed by atoms with Crippen LogP contribution in [0, 0.1) is 0 Å². The first-order valence-corrected chi connectivity index (χ1v) is 5.77. The molecule has 0 saturated carbocycles. The lowest BCUT2D eigenvalue weighted by atomic mass is 9.94. The van der Waals surface area contributed by atoms with Crippen molar-refractivity contribution in [3.8, 4) is 0 Å². The molecule has 2 rings (SSSR count). The Morgan fingerprint density at radius 3 is 3.06 bits per heavy atom. The molecule has 0 amide bonds. The predicted octanol–water partition coefficient (Wildman–Crippen LogP) is 0.862. The number of hydrogen-bond acceptors (Lipinski definition) is 4. The SMILES string of the molecule is Cn1cnnc1CNC1CCOC(C)(C)C1. The largest absolute Gasteiger partial charge is 0.375 e. The molecular formula is C11H20N4O. The lowest BCUT2D eigenvalue weighted by Gasteiger charge is -2.35. The quantitative estimate of drug-likeness (QED) is 0.827. The van der Waals surface area contributed by atoms with E-state index in [0.29, 0.717) is 6.04 Å². The summed E-state index contributed by atoms with van der Waals surface area (Å²) < 4.78 is 7.63. The normalized spacial score (nSPS) is 24.6. The van der Waals surface area contributed by atoms with Gasteiger partial charge in [0, 0.05) is 19.7 Å². The van der Waals surface area contributed by atoms with Crippen molar-refractivity contribution in [3.63, 3.8) is 0 Å². The molecule has 90 valence electrons. The lowest BCUT2D eigenvalue weighted by Crippen LogP contribution is -2.43. The molecule has 1 aromatic heterocycles. The standard InChI is InChI=1S/C11H20N4O/c1-11(2)6-9(4-5-16-11)12-7-10-14-13-8-15(10)3/h8-9,12H,4-7H2,1-3H3. The first-order valence-electron chi connectivity index (χ1n) is 5.77. The van der Waals surface area contributed by atoms with Crippen LogP contribution in [0.5, 0.6) is 0 Å². The number of nitrogens with one attached hydrogen (secondary N) is 1. The van der Waals surface area contributed by atoms with E-state index in [-0.39, 0.29) is 5.60 Å². The maximum atomic E-state index is 5.68. The third-order valence-corrected chi connectivity index (χ3v) is 3.05. The van der Waals surface area contributed by atoms with E-state index in [9.17, 15) is 0 Å².